The molecule has 0 bridgehead atoms. The van der Waals surface area contributed by atoms with E-state index in [0.29, 0.717) is 12.1 Å². The molecule has 2 N–H and O–H groups in total. The van der Waals surface area contributed by atoms with Crippen LogP contribution in [0, 0.1) is 10.1 Å². The predicted molar refractivity (Wildman–Crippen MR) is 101 cm³/mol. The van der Waals surface area contributed by atoms with Gasteiger partial charge in [0.05, 0.1) is 10.5 Å². The largest absolute Gasteiger partial charge is 0.396 e. The second kappa shape index (κ2) is 8.91. The van der Waals surface area contributed by atoms with Crippen LogP contribution in [-0.2, 0) is 0 Å². The maximum Gasteiger partial charge on any atom is 0.293 e. The number of hydrogen-bond acceptors (Lipinski definition) is 6. The van der Waals surface area contributed by atoms with E-state index in [0.717, 1.165) is 0 Å². The van der Waals surface area contributed by atoms with Crippen molar-refractivity contribution in [3.05, 3.63) is 69.3 Å². The summed E-state index contributed by atoms with van der Waals surface area (Å²) < 4.78 is 0. The summed E-state index contributed by atoms with van der Waals surface area (Å²) in [5.41, 5.74) is 0.663. The molecule has 1 amide bonds. The van der Waals surface area contributed by atoms with Gasteiger partial charge >= 0.3 is 0 Å². The molecular formula is C19H21N3O5. The minimum absolute atomic E-state index is 0.0528. The van der Waals surface area contributed by atoms with E-state index in [-0.39, 0.29) is 35.5 Å². The number of nitrogens with one attached hydrogen (secondary N) is 1. The first kappa shape index (κ1) is 20.1. The van der Waals surface area contributed by atoms with Gasteiger partial charge in [0.1, 0.15) is 5.69 Å². The van der Waals surface area contributed by atoms with E-state index in [4.69, 9.17) is 5.11 Å². The summed E-state index contributed by atoms with van der Waals surface area (Å²) in [6.45, 7) is 0.226. The standard InChI is InChI=1S/C19H21N3O5/c1-21(2)16-9-8-13(12-17(16)22(26)27)18(24)14-6-3-4-7-15(14)19(25)20-10-5-11-23/h3-4,6-9,12,23H,5,10-11H2,1-2H3,(H,20,25). The van der Waals surface area contributed by atoms with Gasteiger partial charge in [-0.05, 0) is 24.6 Å². The number of nitro groups is 1. The molecule has 0 spiro atoms. The van der Waals surface area contributed by atoms with Crippen LogP contribution in [0.25, 0.3) is 0 Å². The highest BCUT2D eigenvalue weighted by atomic mass is 16.6. The van der Waals surface area contributed by atoms with E-state index in [9.17, 15) is 19.7 Å². The fourth-order valence-corrected chi connectivity index (χ4v) is 2.60. The summed E-state index contributed by atoms with van der Waals surface area (Å²) in [6.07, 6.45) is 0.403. The average Bonchev–Trinajstić information content (AvgIpc) is 2.66. The maximum atomic E-state index is 12.9. The maximum absolute atomic E-state index is 12.9. The smallest absolute Gasteiger partial charge is 0.293 e. The Morgan fingerprint density at radius 3 is 2.41 bits per heavy atom. The molecule has 0 heterocycles. The van der Waals surface area contributed by atoms with Crippen molar-refractivity contribution in [1.29, 1.82) is 0 Å². The monoisotopic (exact) mass is 371 g/mol. The van der Waals surface area contributed by atoms with Crippen molar-refractivity contribution in [3.63, 3.8) is 0 Å². The first-order chi connectivity index (χ1) is 12.9. The highest BCUT2D eigenvalue weighted by Crippen LogP contribution is 2.29. The van der Waals surface area contributed by atoms with Gasteiger partial charge in [-0.3, -0.25) is 19.7 Å². The zero-order valence-electron chi connectivity index (χ0n) is 15.1. The van der Waals surface area contributed by atoms with Gasteiger partial charge < -0.3 is 15.3 Å². The lowest BCUT2D eigenvalue weighted by Gasteiger charge is -2.14. The molecule has 27 heavy (non-hydrogen) atoms. The van der Waals surface area contributed by atoms with Crippen molar-refractivity contribution in [2.75, 3.05) is 32.1 Å². The highest BCUT2D eigenvalue weighted by molar-refractivity contribution is 6.15. The summed E-state index contributed by atoms with van der Waals surface area (Å²) in [5.74, 6) is -0.914. The van der Waals surface area contributed by atoms with Crippen LogP contribution in [0.4, 0.5) is 11.4 Å². The van der Waals surface area contributed by atoms with Crippen LogP contribution in [-0.4, -0.2) is 49.0 Å². The second-order valence-electron chi connectivity index (χ2n) is 6.06. The van der Waals surface area contributed by atoms with Gasteiger partial charge in [0, 0.05) is 44.4 Å². The van der Waals surface area contributed by atoms with Crippen LogP contribution >= 0.6 is 0 Å². The molecule has 0 aliphatic rings. The van der Waals surface area contributed by atoms with E-state index in [1.54, 1.807) is 31.1 Å². The third kappa shape index (κ3) is 4.68. The molecule has 0 fully saturated rings. The molecule has 0 unspecified atom stereocenters. The molecule has 2 aromatic carbocycles. The Balaban J connectivity index is 2.40. The Morgan fingerprint density at radius 2 is 1.81 bits per heavy atom. The third-order valence-electron chi connectivity index (χ3n) is 3.95. The molecule has 0 aliphatic carbocycles. The number of hydrogen-bond donors (Lipinski definition) is 2. The van der Waals surface area contributed by atoms with Gasteiger partial charge in [-0.1, -0.05) is 18.2 Å². The van der Waals surface area contributed by atoms with Crippen molar-refractivity contribution in [3.8, 4) is 0 Å². The Hall–Kier alpha value is -3.26. The van der Waals surface area contributed by atoms with E-state index in [1.165, 1.54) is 30.3 Å². The number of nitro benzene ring substituents is 1. The molecule has 8 nitrogen and oxygen atoms in total. The molecule has 2 aromatic rings. The summed E-state index contributed by atoms with van der Waals surface area (Å²) in [6, 6.07) is 10.5. The van der Waals surface area contributed by atoms with E-state index in [1.807, 2.05) is 0 Å². The van der Waals surface area contributed by atoms with Crippen LogP contribution in [0.15, 0.2) is 42.5 Å². The number of aliphatic hydroxyl groups is 1. The summed E-state index contributed by atoms with van der Waals surface area (Å²) in [7, 11) is 3.35. The van der Waals surface area contributed by atoms with Crippen LogP contribution in [0.1, 0.15) is 32.7 Å². The fourth-order valence-electron chi connectivity index (χ4n) is 2.60. The normalized spacial score (nSPS) is 10.3. The highest BCUT2D eigenvalue weighted by Gasteiger charge is 2.22. The molecule has 0 saturated carbocycles. The zero-order valence-corrected chi connectivity index (χ0v) is 15.1. The third-order valence-corrected chi connectivity index (χ3v) is 3.95. The number of nitrogens with zero attached hydrogens (tertiary/aromatic N) is 2. The molecule has 0 aliphatic heterocycles. The minimum Gasteiger partial charge on any atom is -0.396 e. The first-order valence-corrected chi connectivity index (χ1v) is 8.35. The van der Waals surface area contributed by atoms with Crippen LogP contribution < -0.4 is 10.2 Å². The second-order valence-corrected chi connectivity index (χ2v) is 6.06. The summed E-state index contributed by atoms with van der Waals surface area (Å²) in [5, 5.41) is 22.8. The van der Waals surface area contributed by atoms with Gasteiger partial charge in [0.25, 0.3) is 11.6 Å². The van der Waals surface area contributed by atoms with Crippen molar-refractivity contribution in [2.24, 2.45) is 0 Å². The molecule has 0 aromatic heterocycles. The molecule has 2 rings (SSSR count). The lowest BCUT2D eigenvalue weighted by molar-refractivity contribution is -0.384. The molecule has 0 radical (unpaired) electrons. The van der Waals surface area contributed by atoms with Crippen LogP contribution in [0.5, 0.6) is 0 Å². The molecule has 8 heteroatoms. The summed E-state index contributed by atoms with van der Waals surface area (Å²) in [4.78, 5) is 37.6. The van der Waals surface area contributed by atoms with Crippen molar-refractivity contribution in [2.45, 2.75) is 6.42 Å². The number of ketones is 1. The Labute approximate surface area is 156 Å². The lowest BCUT2D eigenvalue weighted by atomic mass is 9.97. The molecular weight excluding hydrogens is 350 g/mol. The quantitative estimate of drug-likeness (QED) is 0.318. The molecule has 0 saturated heterocycles. The SMILES string of the molecule is CN(C)c1ccc(C(=O)c2ccccc2C(=O)NCCCO)cc1[N+](=O)[O-]. The van der Waals surface area contributed by atoms with Gasteiger partial charge in [-0.15, -0.1) is 0 Å². The van der Waals surface area contributed by atoms with Crippen LogP contribution in [0.2, 0.25) is 0 Å². The number of amides is 1. The van der Waals surface area contributed by atoms with Crippen molar-refractivity contribution >= 4 is 23.1 Å². The number of carbonyl (C=O) groups is 2. The van der Waals surface area contributed by atoms with Gasteiger partial charge in [0.2, 0.25) is 0 Å². The van der Waals surface area contributed by atoms with Gasteiger partial charge in [-0.25, -0.2) is 0 Å². The lowest BCUT2D eigenvalue weighted by Crippen LogP contribution is -2.27. The van der Waals surface area contributed by atoms with Crippen LogP contribution in [0.3, 0.4) is 0 Å². The van der Waals surface area contributed by atoms with Gasteiger partial charge in [-0.2, -0.15) is 0 Å². The van der Waals surface area contributed by atoms with Gasteiger partial charge in [0.15, 0.2) is 5.78 Å². The topological polar surface area (TPSA) is 113 Å². The first-order valence-electron chi connectivity index (χ1n) is 8.35. The van der Waals surface area contributed by atoms with Crippen molar-refractivity contribution in [1.82, 2.24) is 5.32 Å². The fraction of sp³-hybridized carbons (Fsp3) is 0.263. The van der Waals surface area contributed by atoms with E-state index < -0.39 is 16.6 Å². The predicted octanol–water partition coefficient (Wildman–Crippen LogP) is 2.00. The number of anilines is 1. The minimum atomic E-state index is -0.542. The number of rotatable bonds is 8. The summed E-state index contributed by atoms with van der Waals surface area (Å²) >= 11 is 0. The van der Waals surface area contributed by atoms with Crippen molar-refractivity contribution < 1.29 is 19.6 Å². The zero-order chi connectivity index (χ0) is 20.0. The van der Waals surface area contributed by atoms with E-state index >= 15 is 0 Å². The van der Waals surface area contributed by atoms with E-state index in [2.05, 4.69) is 5.32 Å². The number of aliphatic hydroxyl groups excluding tert-OH is 1. The Bertz CT molecular complexity index is 864. The number of benzene rings is 2. The number of carbonyl (C=O) groups excluding carboxylic acids is 2. The molecule has 0 atom stereocenters. The Kier molecular flexibility index (Phi) is 6.62. The average molecular weight is 371 g/mol. The Morgan fingerprint density at radius 1 is 1.15 bits per heavy atom. The molecule has 142 valence electrons.